The van der Waals surface area contributed by atoms with E-state index in [1.54, 1.807) is 0 Å². The molecule has 2 aromatic heterocycles. The van der Waals surface area contributed by atoms with Gasteiger partial charge < -0.3 is 4.57 Å². The van der Waals surface area contributed by atoms with Gasteiger partial charge in [0.2, 0.25) is 0 Å². The van der Waals surface area contributed by atoms with Gasteiger partial charge in [-0.25, -0.2) is 0 Å². The Morgan fingerprint density at radius 1 is 0.489 bits per heavy atom. The fraction of sp³-hybridized carbons (Fsp3) is 0.0698. The third-order valence-corrected chi connectivity index (χ3v) is 11.3. The molecular formula is C43H29NS. The lowest BCUT2D eigenvalue weighted by atomic mass is 9.82. The van der Waals surface area contributed by atoms with Crippen LogP contribution < -0.4 is 0 Å². The molecule has 0 radical (unpaired) electrons. The molecule has 1 nitrogen and oxygen atoms in total. The molecule has 0 spiro atoms. The molecule has 0 atom stereocenters. The first-order valence-corrected chi connectivity index (χ1v) is 16.5. The minimum Gasteiger partial charge on any atom is -0.309 e. The average Bonchev–Trinajstić information content (AvgIpc) is 3.68. The van der Waals surface area contributed by atoms with Crippen molar-refractivity contribution in [1.82, 2.24) is 4.57 Å². The third kappa shape index (κ3) is 3.43. The van der Waals surface area contributed by atoms with Crippen molar-refractivity contribution in [2.24, 2.45) is 0 Å². The standard InChI is InChI=1S/C43H29NS/c1-43(2)36-15-7-5-13-32(36)42-30(14-9-16-37(42)43)26-18-20-29(21-19-26)44-38-23-28-11-4-3-10-27(28)22-33(38)34-25-41-35(24-39(34)44)31-12-6-8-17-40(31)45-41/h3-25H,1-2H3. The van der Waals surface area contributed by atoms with Crippen LogP contribution in [-0.4, -0.2) is 4.57 Å². The minimum atomic E-state index is -0.00914. The Balaban J connectivity index is 1.22. The smallest absolute Gasteiger partial charge is 0.0548 e. The molecule has 45 heavy (non-hydrogen) atoms. The number of thiophene rings is 1. The highest BCUT2D eigenvalue weighted by molar-refractivity contribution is 7.25. The molecule has 7 aromatic carbocycles. The molecular weight excluding hydrogens is 563 g/mol. The van der Waals surface area contributed by atoms with Crippen LogP contribution in [0, 0.1) is 0 Å². The van der Waals surface area contributed by atoms with E-state index in [0.717, 1.165) is 0 Å². The van der Waals surface area contributed by atoms with E-state index >= 15 is 0 Å². The number of hydrogen-bond acceptors (Lipinski definition) is 1. The van der Waals surface area contributed by atoms with E-state index in [2.05, 4.69) is 158 Å². The lowest BCUT2D eigenvalue weighted by Gasteiger charge is -2.21. The Labute approximate surface area is 265 Å². The molecule has 2 heteroatoms. The van der Waals surface area contributed by atoms with Crippen LogP contribution in [0.4, 0.5) is 0 Å². The van der Waals surface area contributed by atoms with Crippen LogP contribution in [0.5, 0.6) is 0 Å². The molecule has 0 amide bonds. The summed E-state index contributed by atoms with van der Waals surface area (Å²) in [5.41, 5.74) is 11.8. The van der Waals surface area contributed by atoms with E-state index < -0.39 is 0 Å². The summed E-state index contributed by atoms with van der Waals surface area (Å²) in [5, 5.41) is 7.80. The fourth-order valence-corrected chi connectivity index (χ4v) is 9.11. The predicted molar refractivity (Wildman–Crippen MR) is 194 cm³/mol. The van der Waals surface area contributed by atoms with Gasteiger partial charge in [0.05, 0.1) is 11.0 Å². The average molecular weight is 592 g/mol. The number of rotatable bonds is 2. The predicted octanol–water partition coefficient (Wildman–Crippen LogP) is 12.3. The SMILES string of the molecule is CC1(C)c2ccccc2-c2c(-c3ccc(-n4c5cc6ccccc6cc5c5cc6sc7ccccc7c6cc54)cc3)cccc21. The van der Waals surface area contributed by atoms with Gasteiger partial charge in [-0.15, -0.1) is 11.3 Å². The lowest BCUT2D eigenvalue weighted by molar-refractivity contribution is 0.660. The van der Waals surface area contributed by atoms with Gasteiger partial charge in [-0.3, -0.25) is 0 Å². The molecule has 0 fully saturated rings. The Kier molecular flexibility index (Phi) is 5.00. The van der Waals surface area contributed by atoms with Gasteiger partial charge in [0.1, 0.15) is 0 Å². The van der Waals surface area contributed by atoms with Crippen LogP contribution in [-0.2, 0) is 5.41 Å². The third-order valence-electron chi connectivity index (χ3n) is 10.2. The first-order chi connectivity index (χ1) is 22.1. The Hall–Kier alpha value is -5.18. The molecule has 212 valence electrons. The summed E-state index contributed by atoms with van der Waals surface area (Å²) in [6.07, 6.45) is 0. The molecule has 0 N–H and O–H groups in total. The molecule has 2 heterocycles. The second kappa shape index (κ2) is 8.94. The number of hydrogen-bond donors (Lipinski definition) is 0. The van der Waals surface area contributed by atoms with E-state index in [1.807, 2.05) is 11.3 Å². The quantitative estimate of drug-likeness (QED) is 0.188. The first-order valence-electron chi connectivity index (χ1n) is 15.7. The van der Waals surface area contributed by atoms with Gasteiger partial charge in [-0.1, -0.05) is 111 Å². The summed E-state index contributed by atoms with van der Waals surface area (Å²) in [7, 11) is 0. The van der Waals surface area contributed by atoms with Crippen LogP contribution in [0.15, 0.2) is 140 Å². The Morgan fingerprint density at radius 3 is 2.02 bits per heavy atom. The lowest BCUT2D eigenvalue weighted by Crippen LogP contribution is -2.14. The van der Waals surface area contributed by atoms with Crippen molar-refractivity contribution >= 4 is 64.1 Å². The largest absolute Gasteiger partial charge is 0.309 e. The zero-order chi connectivity index (χ0) is 29.9. The summed E-state index contributed by atoms with van der Waals surface area (Å²) in [5.74, 6) is 0. The topological polar surface area (TPSA) is 4.93 Å². The molecule has 0 aliphatic heterocycles. The summed E-state index contributed by atoms with van der Waals surface area (Å²) in [4.78, 5) is 0. The maximum absolute atomic E-state index is 2.47. The molecule has 0 saturated heterocycles. The van der Waals surface area contributed by atoms with Gasteiger partial charge in [0, 0.05) is 42.0 Å². The highest BCUT2D eigenvalue weighted by atomic mass is 32.1. The summed E-state index contributed by atoms with van der Waals surface area (Å²) < 4.78 is 5.15. The van der Waals surface area contributed by atoms with Gasteiger partial charge >= 0.3 is 0 Å². The number of nitrogens with zero attached hydrogens (tertiary/aromatic N) is 1. The monoisotopic (exact) mass is 591 g/mol. The highest BCUT2D eigenvalue weighted by Crippen LogP contribution is 2.52. The van der Waals surface area contributed by atoms with Crippen molar-refractivity contribution in [2.45, 2.75) is 19.3 Å². The van der Waals surface area contributed by atoms with Crippen molar-refractivity contribution < 1.29 is 0 Å². The Morgan fingerprint density at radius 2 is 1.16 bits per heavy atom. The molecule has 0 bridgehead atoms. The summed E-state index contributed by atoms with van der Waals surface area (Å²) in [6.45, 7) is 4.70. The number of benzene rings is 7. The first kappa shape index (κ1) is 25.2. The molecule has 10 rings (SSSR count). The van der Waals surface area contributed by atoms with Crippen LogP contribution in [0.1, 0.15) is 25.0 Å². The Bertz CT molecular complexity index is 2670. The van der Waals surface area contributed by atoms with E-state index in [-0.39, 0.29) is 5.41 Å². The highest BCUT2D eigenvalue weighted by Gasteiger charge is 2.36. The van der Waals surface area contributed by atoms with Crippen molar-refractivity contribution in [3.8, 4) is 27.9 Å². The van der Waals surface area contributed by atoms with E-state index in [9.17, 15) is 0 Å². The van der Waals surface area contributed by atoms with Gasteiger partial charge in [-0.05, 0) is 86.6 Å². The van der Waals surface area contributed by atoms with Crippen molar-refractivity contribution in [3.63, 3.8) is 0 Å². The summed E-state index contributed by atoms with van der Waals surface area (Å²) in [6, 6.07) is 52.1. The van der Waals surface area contributed by atoms with Crippen LogP contribution in [0.2, 0.25) is 0 Å². The maximum Gasteiger partial charge on any atom is 0.0548 e. The normalized spacial score (nSPS) is 13.7. The molecule has 0 unspecified atom stereocenters. The summed E-state index contributed by atoms with van der Waals surface area (Å²) >= 11 is 1.89. The zero-order valence-electron chi connectivity index (χ0n) is 25.1. The van der Waals surface area contributed by atoms with E-state index in [4.69, 9.17) is 0 Å². The zero-order valence-corrected chi connectivity index (χ0v) is 26.0. The van der Waals surface area contributed by atoms with Gasteiger partial charge in [0.15, 0.2) is 0 Å². The number of aromatic nitrogens is 1. The van der Waals surface area contributed by atoms with Gasteiger partial charge in [0.25, 0.3) is 0 Å². The van der Waals surface area contributed by atoms with Crippen LogP contribution in [0.25, 0.3) is 80.7 Å². The fourth-order valence-electron chi connectivity index (χ4n) is 7.98. The maximum atomic E-state index is 2.47. The second-order valence-corrected chi connectivity index (χ2v) is 14.0. The molecule has 9 aromatic rings. The van der Waals surface area contributed by atoms with Gasteiger partial charge in [-0.2, -0.15) is 0 Å². The van der Waals surface area contributed by atoms with E-state index in [1.165, 1.54) is 91.8 Å². The van der Waals surface area contributed by atoms with Crippen LogP contribution in [0.3, 0.4) is 0 Å². The number of fused-ring (bicyclic) bond motifs is 10. The van der Waals surface area contributed by atoms with Crippen molar-refractivity contribution in [2.75, 3.05) is 0 Å². The molecule has 1 aliphatic carbocycles. The second-order valence-electron chi connectivity index (χ2n) is 13.0. The minimum absolute atomic E-state index is 0.00914. The van der Waals surface area contributed by atoms with Crippen LogP contribution >= 0.6 is 11.3 Å². The van der Waals surface area contributed by atoms with Crippen molar-refractivity contribution in [1.29, 1.82) is 0 Å². The van der Waals surface area contributed by atoms with Crippen molar-refractivity contribution in [3.05, 3.63) is 151 Å². The molecule has 1 aliphatic rings. The molecule has 0 saturated carbocycles. The van der Waals surface area contributed by atoms with E-state index in [0.29, 0.717) is 0 Å².